The van der Waals surface area contributed by atoms with E-state index < -0.39 is 0 Å². The zero-order valence-electron chi connectivity index (χ0n) is 38.9. The van der Waals surface area contributed by atoms with E-state index >= 15 is 0 Å². The number of hydrogen-bond donors (Lipinski definition) is 0. The maximum atomic E-state index is 3.06. The monoisotopic (exact) mass is 833 g/mol. The van der Waals surface area contributed by atoms with Gasteiger partial charge < -0.3 is 4.90 Å². The molecule has 4 unspecified atom stereocenters. The molecule has 11 atom stereocenters. The maximum absolute atomic E-state index is 3.06. The van der Waals surface area contributed by atoms with Gasteiger partial charge in [-0.1, -0.05) is 108 Å². The second-order valence-corrected chi connectivity index (χ2v) is 22.0. The van der Waals surface area contributed by atoms with Crippen molar-refractivity contribution in [3.05, 3.63) is 119 Å². The Hall–Kier alpha value is -2.84. The lowest BCUT2D eigenvalue weighted by molar-refractivity contribution is 0.0732. The van der Waals surface area contributed by atoms with Crippen molar-refractivity contribution in [3.8, 4) is 0 Å². The van der Waals surface area contributed by atoms with Crippen LogP contribution >= 0.6 is 0 Å². The van der Waals surface area contributed by atoms with Gasteiger partial charge in [0.2, 0.25) is 0 Å². The van der Waals surface area contributed by atoms with E-state index in [-0.39, 0.29) is 0 Å². The lowest BCUT2D eigenvalue weighted by Crippen LogP contribution is -2.50. The third kappa shape index (κ3) is 10.2. The highest BCUT2D eigenvalue weighted by atomic mass is 15.2. The van der Waals surface area contributed by atoms with E-state index in [2.05, 4.69) is 101 Å². The first-order chi connectivity index (χ1) is 30.7. The molecule has 0 heterocycles. The molecule has 0 aliphatic heterocycles. The van der Waals surface area contributed by atoms with Gasteiger partial charge in [0.15, 0.2) is 0 Å². The summed E-state index contributed by atoms with van der Waals surface area (Å²) in [6, 6.07) is 2.57. The maximum Gasteiger partial charge on any atom is 0.0516 e. The van der Waals surface area contributed by atoms with Crippen LogP contribution in [0.2, 0.25) is 0 Å². The summed E-state index contributed by atoms with van der Waals surface area (Å²) in [4.78, 5) is 5.98. The van der Waals surface area contributed by atoms with Gasteiger partial charge in [-0.05, 0) is 228 Å². The van der Waals surface area contributed by atoms with Gasteiger partial charge >= 0.3 is 0 Å². The Balaban J connectivity index is 0.807. The van der Waals surface area contributed by atoms with Crippen molar-refractivity contribution in [2.24, 2.45) is 41.4 Å². The topological polar surface area (TPSA) is 6.48 Å². The molecule has 10 aliphatic carbocycles. The molecular weight excluding hydrogens is 749 g/mol. The molecule has 0 amide bonds. The first kappa shape index (κ1) is 43.1. The van der Waals surface area contributed by atoms with Gasteiger partial charge in [-0.3, -0.25) is 4.90 Å². The Morgan fingerprint density at radius 1 is 0.355 bits per heavy atom. The molecule has 0 fully saturated rings. The minimum absolute atomic E-state index is 0.522. The van der Waals surface area contributed by atoms with E-state index in [4.69, 9.17) is 0 Å². The van der Waals surface area contributed by atoms with E-state index in [1.807, 2.05) is 5.57 Å². The first-order valence-corrected chi connectivity index (χ1v) is 27.1. The largest absolute Gasteiger partial charge is 0.342 e. The van der Waals surface area contributed by atoms with Crippen molar-refractivity contribution in [1.82, 2.24) is 9.80 Å². The quantitative estimate of drug-likeness (QED) is 0.191. The average molecular weight is 833 g/mol. The Morgan fingerprint density at radius 2 is 0.968 bits per heavy atom. The first-order valence-electron chi connectivity index (χ1n) is 27.1. The molecule has 2 heteroatoms. The van der Waals surface area contributed by atoms with Crippen molar-refractivity contribution < 1.29 is 0 Å². The van der Waals surface area contributed by atoms with Crippen LogP contribution in [0.4, 0.5) is 0 Å². The second-order valence-electron chi connectivity index (χ2n) is 22.0. The summed E-state index contributed by atoms with van der Waals surface area (Å²) < 4.78 is 0. The molecule has 0 N–H and O–H groups in total. The summed E-state index contributed by atoms with van der Waals surface area (Å²) in [5, 5.41) is 0. The molecule has 10 aliphatic rings. The van der Waals surface area contributed by atoms with E-state index in [1.54, 1.807) is 22.5 Å². The van der Waals surface area contributed by atoms with Gasteiger partial charge in [-0.2, -0.15) is 0 Å². The van der Waals surface area contributed by atoms with Crippen LogP contribution in [-0.4, -0.2) is 34.0 Å². The molecule has 0 saturated carbocycles. The van der Waals surface area contributed by atoms with Crippen LogP contribution in [0.15, 0.2) is 119 Å². The minimum Gasteiger partial charge on any atom is -0.342 e. The van der Waals surface area contributed by atoms with Crippen LogP contribution in [0.3, 0.4) is 0 Å². The number of nitrogens with zero attached hydrogens (tertiary/aromatic N) is 2. The van der Waals surface area contributed by atoms with Crippen molar-refractivity contribution in [1.29, 1.82) is 0 Å². The predicted octanol–water partition coefficient (Wildman–Crippen LogP) is 16.2. The highest BCUT2D eigenvalue weighted by Gasteiger charge is 2.37. The van der Waals surface area contributed by atoms with Crippen molar-refractivity contribution in [3.63, 3.8) is 0 Å². The average Bonchev–Trinajstić information content (AvgIpc) is 3.36. The standard InChI is InChI=1S/C60H84N2/c1-5-13-45(14-6-1)48-21-23-49(24-22-48)52-29-41-59(42-30-52)62(58-37-27-51(28-38-58)47-17-9-3-10-18-47)60-43-33-54(34-44-60)53-31-39-57(40-32-53)61(55-19-11-4-12-20-55)56-35-25-50(26-36-56)46-15-7-2-8-16-46/h1-2,4-5,7,11,17,23,25,31,33,37,39,41,43,45-46,48,51-57,60H,3,6,8-10,12-16,18-22,24,26-30,32,34-36,38,40,42,44H2/t45-,46?,48-,51+,52-,53-,54-,55-,56?,57?,60?/m1/s1. The molecule has 0 saturated heterocycles. The predicted molar refractivity (Wildman–Crippen MR) is 263 cm³/mol. The fourth-order valence-electron chi connectivity index (χ4n) is 14.8. The minimum atomic E-state index is 0.522. The summed E-state index contributed by atoms with van der Waals surface area (Å²) in [7, 11) is 0. The van der Waals surface area contributed by atoms with E-state index in [0.29, 0.717) is 36.0 Å². The van der Waals surface area contributed by atoms with Crippen molar-refractivity contribution in [2.45, 2.75) is 210 Å². The van der Waals surface area contributed by atoms with Crippen molar-refractivity contribution >= 4 is 0 Å². The van der Waals surface area contributed by atoms with Gasteiger partial charge in [0, 0.05) is 29.5 Å². The Labute approximate surface area is 379 Å². The Kier molecular flexibility index (Phi) is 14.6. The zero-order valence-corrected chi connectivity index (χ0v) is 38.9. The fraction of sp³-hybridized carbons (Fsp3) is 0.667. The third-order valence-corrected chi connectivity index (χ3v) is 18.5. The molecule has 10 rings (SSSR count). The fourth-order valence-corrected chi connectivity index (χ4v) is 14.8. The summed E-state index contributed by atoms with van der Waals surface area (Å²) in [6.07, 6.45) is 77.6. The van der Waals surface area contributed by atoms with E-state index in [0.717, 1.165) is 29.6 Å². The normalized spacial score (nSPS) is 37.9. The van der Waals surface area contributed by atoms with Gasteiger partial charge in [0.05, 0.1) is 6.04 Å². The lowest BCUT2D eigenvalue weighted by atomic mass is 9.72. The molecule has 0 aromatic carbocycles. The Bertz CT molecular complexity index is 1840. The highest BCUT2D eigenvalue weighted by molar-refractivity contribution is 5.27. The smallest absolute Gasteiger partial charge is 0.0516 e. The molecule has 62 heavy (non-hydrogen) atoms. The van der Waals surface area contributed by atoms with Crippen molar-refractivity contribution in [2.75, 3.05) is 0 Å². The highest BCUT2D eigenvalue weighted by Crippen LogP contribution is 2.45. The SMILES string of the molecule is C1=CCC(C2=CCC(N(C3C=C[C@@H]([C@@H]4C=CC(N(C5=CC[C@@H](C6=CC[C@@H]([C@@H]7CC=CCC7)CC6)CC5)C5=CC[C@H](C6=CCCCC6)CC5)CC4)CC3)[C@@H]3CC=CCC3)CC2)CC1. The number of allylic oxidation sites excluding steroid dienone is 16. The van der Waals surface area contributed by atoms with E-state index in [9.17, 15) is 0 Å². The van der Waals surface area contributed by atoms with Crippen LogP contribution in [0.5, 0.6) is 0 Å². The molecule has 334 valence electrons. The number of rotatable bonds is 11. The van der Waals surface area contributed by atoms with E-state index in [1.165, 1.54) is 186 Å². The van der Waals surface area contributed by atoms with Gasteiger partial charge in [-0.15, -0.1) is 0 Å². The molecule has 0 bridgehead atoms. The summed E-state index contributed by atoms with van der Waals surface area (Å²) in [5.74, 6) is 5.66. The molecular formula is C60H84N2. The van der Waals surface area contributed by atoms with Gasteiger partial charge in [0.25, 0.3) is 0 Å². The lowest BCUT2D eigenvalue weighted by Gasteiger charge is -2.46. The summed E-state index contributed by atoms with van der Waals surface area (Å²) >= 11 is 0. The summed E-state index contributed by atoms with van der Waals surface area (Å²) in [5.41, 5.74) is 8.72. The zero-order chi connectivity index (χ0) is 41.5. The van der Waals surface area contributed by atoms with Gasteiger partial charge in [-0.25, -0.2) is 0 Å². The van der Waals surface area contributed by atoms with Crippen LogP contribution < -0.4 is 0 Å². The third-order valence-electron chi connectivity index (χ3n) is 18.5. The molecule has 0 radical (unpaired) electrons. The van der Waals surface area contributed by atoms with Crippen LogP contribution in [-0.2, 0) is 0 Å². The molecule has 2 nitrogen and oxygen atoms in total. The molecule has 0 aromatic rings. The molecule has 0 aromatic heterocycles. The van der Waals surface area contributed by atoms with Crippen LogP contribution in [0.1, 0.15) is 186 Å². The molecule has 0 spiro atoms. The second kappa shape index (κ2) is 21.0. The Morgan fingerprint density at radius 3 is 1.50 bits per heavy atom. The van der Waals surface area contributed by atoms with Gasteiger partial charge in [0.1, 0.15) is 0 Å². The van der Waals surface area contributed by atoms with Crippen LogP contribution in [0.25, 0.3) is 0 Å². The number of hydrogen-bond acceptors (Lipinski definition) is 2. The summed E-state index contributed by atoms with van der Waals surface area (Å²) in [6.45, 7) is 0. The van der Waals surface area contributed by atoms with Crippen LogP contribution in [0, 0.1) is 41.4 Å².